The van der Waals surface area contributed by atoms with Crippen LogP contribution >= 0.6 is 23.2 Å². The lowest BCUT2D eigenvalue weighted by Crippen LogP contribution is -2.38. The average Bonchev–Trinajstić information content (AvgIpc) is 2.97. The Bertz CT molecular complexity index is 1190. The van der Waals surface area contributed by atoms with Crippen LogP contribution in [0.5, 0.6) is 0 Å². The molecule has 1 fully saturated rings. The van der Waals surface area contributed by atoms with Crippen LogP contribution in [0.3, 0.4) is 0 Å². The van der Waals surface area contributed by atoms with Gasteiger partial charge in [0.05, 0.1) is 16.1 Å². The van der Waals surface area contributed by atoms with Gasteiger partial charge in [-0.2, -0.15) is 8.42 Å². The molecule has 0 unspecified atom stereocenters. The number of hydrogen-bond acceptors (Lipinski definition) is 6. The highest BCUT2D eigenvalue weighted by molar-refractivity contribution is 7.89. The minimum atomic E-state index is -4.05. The van der Waals surface area contributed by atoms with Gasteiger partial charge >= 0.3 is 0 Å². The van der Waals surface area contributed by atoms with Crippen molar-refractivity contribution in [1.29, 1.82) is 0 Å². The van der Waals surface area contributed by atoms with Gasteiger partial charge in [-0.05, 0) is 62.7 Å². The maximum atomic E-state index is 12.6. The molecule has 1 aliphatic heterocycles. The molecule has 7 nitrogen and oxygen atoms in total. The van der Waals surface area contributed by atoms with Crippen molar-refractivity contribution in [2.75, 3.05) is 20.1 Å². The van der Waals surface area contributed by atoms with Gasteiger partial charge in [-0.25, -0.2) is 13.1 Å². The fourth-order valence-electron chi connectivity index (χ4n) is 3.48. The van der Waals surface area contributed by atoms with Crippen LogP contribution in [-0.4, -0.2) is 54.0 Å². The van der Waals surface area contributed by atoms with Crippen LogP contribution in [0.25, 0.3) is 0 Å². The minimum absolute atomic E-state index is 0.00445. The molecule has 2 aromatic rings. The Hall–Kier alpha value is -1.20. The fraction of sp³-hybridized carbons (Fsp3) is 0.400. The number of halogens is 2. The number of nitrogens with zero attached hydrogens (tertiary/aromatic N) is 1. The van der Waals surface area contributed by atoms with E-state index < -0.39 is 26.2 Å². The summed E-state index contributed by atoms with van der Waals surface area (Å²) in [6.45, 7) is 4.06. The molecule has 1 N–H and O–H groups in total. The molecular formula is C20H24Cl2N2O5S2. The Labute approximate surface area is 193 Å². The second kappa shape index (κ2) is 9.35. The molecule has 1 aliphatic rings. The molecule has 0 spiro atoms. The molecule has 170 valence electrons. The van der Waals surface area contributed by atoms with Crippen molar-refractivity contribution in [3.05, 3.63) is 57.6 Å². The first-order chi connectivity index (χ1) is 14.4. The second-order valence-electron chi connectivity index (χ2n) is 7.72. The van der Waals surface area contributed by atoms with Crippen molar-refractivity contribution in [2.24, 2.45) is 0 Å². The standard InChI is InChI=1S/C20H24Cl2N2O5S2/c1-13-4-6-19(17(21)8-13)30(25,26)23-11-15-10-16(12-24(15)3)29-31(27,28)20-7-5-14(2)9-18(20)22/h4-9,15-16,23H,10-12H2,1-3H3/t15-,16-/m0/s1. The second-order valence-corrected chi connectivity index (χ2v) is 11.8. The first-order valence-corrected chi connectivity index (χ1v) is 13.2. The molecule has 2 atom stereocenters. The van der Waals surface area contributed by atoms with Crippen LogP contribution in [0.4, 0.5) is 0 Å². The van der Waals surface area contributed by atoms with E-state index in [1.54, 1.807) is 31.3 Å². The molecular weight excluding hydrogens is 483 g/mol. The van der Waals surface area contributed by atoms with Crippen LogP contribution in [0.2, 0.25) is 10.0 Å². The zero-order chi connectivity index (χ0) is 23.0. The van der Waals surface area contributed by atoms with Gasteiger partial charge in [0.25, 0.3) is 10.1 Å². The number of sulfonamides is 1. The van der Waals surface area contributed by atoms with Crippen LogP contribution in [0, 0.1) is 13.8 Å². The van der Waals surface area contributed by atoms with Crippen LogP contribution < -0.4 is 4.72 Å². The molecule has 1 heterocycles. The summed E-state index contributed by atoms with van der Waals surface area (Å²) in [5.74, 6) is 0. The monoisotopic (exact) mass is 506 g/mol. The van der Waals surface area contributed by atoms with Gasteiger partial charge in [0, 0.05) is 19.1 Å². The van der Waals surface area contributed by atoms with Gasteiger partial charge in [-0.3, -0.25) is 9.08 Å². The third kappa shape index (κ3) is 5.78. The highest BCUT2D eigenvalue weighted by Crippen LogP contribution is 2.28. The van der Waals surface area contributed by atoms with Gasteiger partial charge in [0.1, 0.15) is 9.79 Å². The minimum Gasteiger partial charge on any atom is -0.299 e. The Kier molecular flexibility index (Phi) is 7.37. The third-order valence-corrected chi connectivity index (χ3v) is 8.91. The first-order valence-electron chi connectivity index (χ1n) is 9.54. The van der Waals surface area contributed by atoms with Crippen molar-refractivity contribution in [1.82, 2.24) is 9.62 Å². The van der Waals surface area contributed by atoms with Crippen LogP contribution in [0.1, 0.15) is 17.5 Å². The highest BCUT2D eigenvalue weighted by Gasteiger charge is 2.35. The smallest absolute Gasteiger partial charge is 0.298 e. The van der Waals surface area contributed by atoms with Gasteiger partial charge in [0.2, 0.25) is 10.0 Å². The van der Waals surface area contributed by atoms with E-state index in [2.05, 4.69) is 4.72 Å². The zero-order valence-electron chi connectivity index (χ0n) is 17.3. The van der Waals surface area contributed by atoms with Crippen molar-refractivity contribution in [3.63, 3.8) is 0 Å². The molecule has 0 aromatic heterocycles. The predicted molar refractivity (Wildman–Crippen MR) is 121 cm³/mol. The molecule has 0 saturated carbocycles. The predicted octanol–water partition coefficient (Wildman–Crippen LogP) is 3.37. The van der Waals surface area contributed by atoms with Gasteiger partial charge in [-0.15, -0.1) is 0 Å². The summed E-state index contributed by atoms with van der Waals surface area (Å²) in [6, 6.07) is 9.11. The van der Waals surface area contributed by atoms with Crippen molar-refractivity contribution < 1.29 is 21.0 Å². The normalized spacial score (nSPS) is 20.3. The summed E-state index contributed by atoms with van der Waals surface area (Å²) in [6.07, 6.45) is -0.284. The molecule has 0 bridgehead atoms. The summed E-state index contributed by atoms with van der Waals surface area (Å²) in [5.41, 5.74) is 1.69. The molecule has 11 heteroatoms. The lowest BCUT2D eigenvalue weighted by atomic mass is 10.2. The number of aryl methyl sites for hydroxylation is 2. The summed E-state index contributed by atoms with van der Waals surface area (Å²) < 4.78 is 58.5. The largest absolute Gasteiger partial charge is 0.299 e. The van der Waals surface area contributed by atoms with Crippen molar-refractivity contribution >= 4 is 43.3 Å². The van der Waals surface area contributed by atoms with E-state index >= 15 is 0 Å². The number of likely N-dealkylation sites (N-methyl/N-ethyl adjacent to an activating group) is 1. The molecule has 2 aromatic carbocycles. The highest BCUT2D eigenvalue weighted by atomic mass is 35.5. The van der Waals surface area contributed by atoms with Gasteiger partial charge < -0.3 is 0 Å². The van der Waals surface area contributed by atoms with Gasteiger partial charge in [-0.1, -0.05) is 35.3 Å². The molecule has 0 radical (unpaired) electrons. The molecule has 31 heavy (non-hydrogen) atoms. The summed E-state index contributed by atoms with van der Waals surface area (Å²) in [4.78, 5) is 1.78. The van der Waals surface area contributed by atoms with Crippen molar-refractivity contribution in [3.8, 4) is 0 Å². The van der Waals surface area contributed by atoms with Crippen LogP contribution in [-0.2, 0) is 24.3 Å². The summed E-state index contributed by atoms with van der Waals surface area (Å²) in [7, 11) is -6.07. The zero-order valence-corrected chi connectivity index (χ0v) is 20.4. The molecule has 0 amide bonds. The quantitative estimate of drug-likeness (QED) is 0.578. The van der Waals surface area contributed by atoms with Gasteiger partial charge in [0.15, 0.2) is 0 Å². The van der Waals surface area contributed by atoms with E-state index in [1.165, 1.54) is 12.1 Å². The topological polar surface area (TPSA) is 92.8 Å². The van der Waals surface area contributed by atoms with E-state index in [-0.39, 0.29) is 32.4 Å². The Morgan fingerprint density at radius 2 is 1.55 bits per heavy atom. The van der Waals surface area contributed by atoms with Crippen molar-refractivity contribution in [2.45, 2.75) is 42.2 Å². The number of benzene rings is 2. The maximum Gasteiger partial charge on any atom is 0.298 e. The Morgan fingerprint density at radius 3 is 2.10 bits per heavy atom. The summed E-state index contributed by atoms with van der Waals surface area (Å²) in [5, 5.41) is 0.250. The lowest BCUT2D eigenvalue weighted by Gasteiger charge is -2.19. The molecule has 0 aliphatic carbocycles. The molecule has 1 saturated heterocycles. The Morgan fingerprint density at radius 1 is 1.00 bits per heavy atom. The number of nitrogens with one attached hydrogen (secondary N) is 1. The average molecular weight is 507 g/mol. The number of likely N-dealkylation sites (tertiary alicyclic amines) is 1. The summed E-state index contributed by atoms with van der Waals surface area (Å²) >= 11 is 12.2. The lowest BCUT2D eigenvalue weighted by molar-refractivity contribution is 0.215. The first kappa shape index (κ1) is 24.4. The molecule has 3 rings (SSSR count). The third-order valence-electron chi connectivity index (χ3n) is 5.16. The number of rotatable bonds is 7. The Balaban J connectivity index is 1.65. The SMILES string of the molecule is Cc1ccc(S(=O)(=O)NC[C@@H]2C[C@H](OS(=O)(=O)c3ccc(C)cc3Cl)CN2C)c(Cl)c1. The van der Waals surface area contributed by atoms with E-state index in [0.29, 0.717) is 13.0 Å². The van der Waals surface area contributed by atoms with E-state index in [1.807, 2.05) is 18.7 Å². The van der Waals surface area contributed by atoms with E-state index in [0.717, 1.165) is 11.1 Å². The van der Waals surface area contributed by atoms with E-state index in [4.69, 9.17) is 27.4 Å². The number of hydrogen-bond donors (Lipinski definition) is 1. The van der Waals surface area contributed by atoms with E-state index in [9.17, 15) is 16.8 Å². The van der Waals surface area contributed by atoms with Crippen LogP contribution in [0.15, 0.2) is 46.2 Å². The fourth-order valence-corrected chi connectivity index (χ4v) is 6.81. The maximum absolute atomic E-state index is 12.6.